The van der Waals surface area contributed by atoms with Crippen molar-refractivity contribution in [3.8, 4) is 0 Å². The van der Waals surface area contributed by atoms with Crippen LogP contribution in [0.3, 0.4) is 0 Å². The zero-order chi connectivity index (χ0) is 11.4. The maximum absolute atomic E-state index is 4.37. The maximum Gasteiger partial charge on any atom is 0.127 e. The van der Waals surface area contributed by atoms with Crippen LogP contribution >= 0.6 is 15.9 Å². The summed E-state index contributed by atoms with van der Waals surface area (Å²) in [4.78, 5) is 6.87. The minimum absolute atomic E-state index is 0.765. The summed E-state index contributed by atoms with van der Waals surface area (Å²) in [5.41, 5.74) is 0. The molecule has 1 aliphatic heterocycles. The topological polar surface area (TPSA) is 28.2 Å². The number of halogens is 1. The van der Waals surface area contributed by atoms with Gasteiger partial charge in [0.25, 0.3) is 0 Å². The van der Waals surface area contributed by atoms with E-state index in [0.717, 1.165) is 22.9 Å². The van der Waals surface area contributed by atoms with Crippen LogP contribution in [0.2, 0.25) is 0 Å². The van der Waals surface area contributed by atoms with Crippen molar-refractivity contribution in [2.45, 2.75) is 13.3 Å². The van der Waals surface area contributed by atoms with E-state index < -0.39 is 0 Å². The number of nitrogens with zero attached hydrogens (tertiary/aromatic N) is 2. The number of nitrogens with one attached hydrogen (secondary N) is 1. The Morgan fingerprint density at radius 3 is 3.12 bits per heavy atom. The third-order valence-electron chi connectivity index (χ3n) is 3.10. The number of anilines is 1. The van der Waals surface area contributed by atoms with E-state index in [2.05, 4.69) is 38.1 Å². The molecule has 88 valence electrons. The Kier molecular flexibility index (Phi) is 4.18. The number of aromatic nitrogens is 1. The van der Waals surface area contributed by atoms with E-state index in [1.165, 1.54) is 26.1 Å². The first-order valence-electron chi connectivity index (χ1n) is 5.86. The summed E-state index contributed by atoms with van der Waals surface area (Å²) in [6.45, 7) is 6.89. The fraction of sp³-hybridized carbons (Fsp3) is 0.583. The Hall–Kier alpha value is -0.610. The SMILES string of the molecule is CCN1CCC(CNc2cccc(Br)n2)C1. The van der Waals surface area contributed by atoms with Crippen LogP contribution in [0, 0.1) is 5.92 Å². The molecular formula is C12H18BrN3. The lowest BCUT2D eigenvalue weighted by molar-refractivity contribution is 0.345. The van der Waals surface area contributed by atoms with Crippen LogP contribution in [-0.4, -0.2) is 36.1 Å². The Balaban J connectivity index is 1.80. The quantitative estimate of drug-likeness (QED) is 0.861. The zero-order valence-corrected chi connectivity index (χ0v) is 11.2. The summed E-state index contributed by atoms with van der Waals surface area (Å²) in [7, 11) is 0. The molecule has 3 nitrogen and oxygen atoms in total. The van der Waals surface area contributed by atoms with E-state index in [-0.39, 0.29) is 0 Å². The van der Waals surface area contributed by atoms with Gasteiger partial charge in [-0.15, -0.1) is 0 Å². The average Bonchev–Trinajstić information content (AvgIpc) is 2.74. The average molecular weight is 284 g/mol. The molecule has 0 saturated carbocycles. The van der Waals surface area contributed by atoms with Crippen molar-refractivity contribution in [3.05, 3.63) is 22.8 Å². The highest BCUT2D eigenvalue weighted by molar-refractivity contribution is 9.10. The number of likely N-dealkylation sites (tertiary alicyclic amines) is 1. The van der Waals surface area contributed by atoms with E-state index in [9.17, 15) is 0 Å². The molecule has 4 heteroatoms. The predicted octanol–water partition coefficient (Wildman–Crippen LogP) is 2.60. The number of rotatable bonds is 4. The molecule has 0 bridgehead atoms. The molecule has 2 heterocycles. The van der Waals surface area contributed by atoms with Crippen LogP contribution in [0.5, 0.6) is 0 Å². The second kappa shape index (κ2) is 5.64. The van der Waals surface area contributed by atoms with Gasteiger partial charge in [0, 0.05) is 13.1 Å². The van der Waals surface area contributed by atoms with Gasteiger partial charge in [-0.25, -0.2) is 4.98 Å². The molecule has 2 rings (SSSR count). The predicted molar refractivity (Wildman–Crippen MR) is 70.6 cm³/mol. The van der Waals surface area contributed by atoms with Gasteiger partial charge in [-0.3, -0.25) is 0 Å². The Morgan fingerprint density at radius 2 is 2.44 bits per heavy atom. The van der Waals surface area contributed by atoms with Crippen molar-refractivity contribution in [3.63, 3.8) is 0 Å². The Labute approximate surface area is 105 Å². The molecule has 1 N–H and O–H groups in total. The molecule has 0 aromatic carbocycles. The van der Waals surface area contributed by atoms with E-state index >= 15 is 0 Å². The highest BCUT2D eigenvalue weighted by Gasteiger charge is 2.20. The van der Waals surface area contributed by atoms with Crippen molar-refractivity contribution in [1.82, 2.24) is 9.88 Å². The molecule has 1 aromatic rings. The molecule has 1 fully saturated rings. The van der Waals surface area contributed by atoms with E-state index in [0.29, 0.717) is 0 Å². The summed E-state index contributed by atoms with van der Waals surface area (Å²) < 4.78 is 0.888. The van der Waals surface area contributed by atoms with Crippen molar-refractivity contribution in [1.29, 1.82) is 0 Å². The van der Waals surface area contributed by atoms with Crippen molar-refractivity contribution in [2.24, 2.45) is 5.92 Å². The van der Waals surface area contributed by atoms with Crippen LogP contribution in [-0.2, 0) is 0 Å². The molecule has 1 unspecified atom stereocenters. The van der Waals surface area contributed by atoms with Gasteiger partial charge in [0.05, 0.1) is 0 Å². The van der Waals surface area contributed by atoms with Crippen molar-refractivity contribution >= 4 is 21.7 Å². The molecule has 1 aliphatic rings. The third-order valence-corrected chi connectivity index (χ3v) is 3.55. The Morgan fingerprint density at radius 1 is 1.56 bits per heavy atom. The van der Waals surface area contributed by atoms with Crippen LogP contribution in [0.25, 0.3) is 0 Å². The molecule has 1 aromatic heterocycles. The monoisotopic (exact) mass is 283 g/mol. The van der Waals surface area contributed by atoms with Gasteiger partial charge in [0.1, 0.15) is 10.4 Å². The first kappa shape index (κ1) is 11.9. The van der Waals surface area contributed by atoms with Gasteiger partial charge in [0.2, 0.25) is 0 Å². The molecule has 1 saturated heterocycles. The van der Waals surface area contributed by atoms with Crippen LogP contribution in [0.4, 0.5) is 5.82 Å². The van der Waals surface area contributed by atoms with Crippen molar-refractivity contribution in [2.75, 3.05) is 31.5 Å². The highest BCUT2D eigenvalue weighted by Crippen LogP contribution is 2.17. The number of hydrogen-bond donors (Lipinski definition) is 1. The summed E-state index contributed by atoms with van der Waals surface area (Å²) in [6.07, 6.45) is 1.30. The van der Waals surface area contributed by atoms with E-state index in [1.807, 2.05) is 18.2 Å². The lowest BCUT2D eigenvalue weighted by Gasteiger charge is -2.14. The van der Waals surface area contributed by atoms with Gasteiger partial charge >= 0.3 is 0 Å². The first-order chi connectivity index (χ1) is 7.78. The van der Waals surface area contributed by atoms with Crippen LogP contribution in [0.15, 0.2) is 22.8 Å². The molecule has 0 radical (unpaired) electrons. The second-order valence-electron chi connectivity index (χ2n) is 4.27. The van der Waals surface area contributed by atoms with Crippen LogP contribution < -0.4 is 5.32 Å². The molecule has 1 atom stereocenters. The number of pyridine rings is 1. The normalized spacial score (nSPS) is 21.2. The molecule has 16 heavy (non-hydrogen) atoms. The highest BCUT2D eigenvalue weighted by atomic mass is 79.9. The second-order valence-corrected chi connectivity index (χ2v) is 5.09. The fourth-order valence-corrected chi connectivity index (χ4v) is 2.47. The molecule has 0 spiro atoms. The third kappa shape index (κ3) is 3.19. The lowest BCUT2D eigenvalue weighted by Crippen LogP contribution is -2.22. The van der Waals surface area contributed by atoms with Crippen molar-refractivity contribution < 1.29 is 0 Å². The molecular weight excluding hydrogens is 266 g/mol. The summed E-state index contributed by atoms with van der Waals surface area (Å²) in [5, 5.41) is 3.40. The molecule has 0 amide bonds. The molecule has 0 aliphatic carbocycles. The largest absolute Gasteiger partial charge is 0.370 e. The van der Waals surface area contributed by atoms with Gasteiger partial charge in [-0.1, -0.05) is 13.0 Å². The fourth-order valence-electron chi connectivity index (χ4n) is 2.12. The minimum Gasteiger partial charge on any atom is -0.370 e. The number of hydrogen-bond acceptors (Lipinski definition) is 3. The first-order valence-corrected chi connectivity index (χ1v) is 6.66. The zero-order valence-electron chi connectivity index (χ0n) is 9.62. The van der Waals surface area contributed by atoms with Crippen LogP contribution in [0.1, 0.15) is 13.3 Å². The van der Waals surface area contributed by atoms with Gasteiger partial charge < -0.3 is 10.2 Å². The minimum atomic E-state index is 0.765. The Bertz CT molecular complexity index is 343. The smallest absolute Gasteiger partial charge is 0.127 e. The van der Waals surface area contributed by atoms with Gasteiger partial charge in [-0.2, -0.15) is 0 Å². The lowest BCUT2D eigenvalue weighted by atomic mass is 10.1. The summed E-state index contributed by atoms with van der Waals surface area (Å²) in [5.74, 6) is 1.73. The van der Waals surface area contributed by atoms with Gasteiger partial charge in [0.15, 0.2) is 0 Å². The van der Waals surface area contributed by atoms with E-state index in [1.54, 1.807) is 0 Å². The van der Waals surface area contributed by atoms with E-state index in [4.69, 9.17) is 0 Å². The van der Waals surface area contributed by atoms with Gasteiger partial charge in [-0.05, 0) is 53.5 Å². The summed E-state index contributed by atoms with van der Waals surface area (Å²) in [6, 6.07) is 5.96. The maximum atomic E-state index is 4.37. The standard InChI is InChI=1S/C12H18BrN3/c1-2-16-7-6-10(9-16)8-14-12-5-3-4-11(13)15-12/h3-5,10H,2,6-9H2,1H3,(H,14,15). The summed E-state index contributed by atoms with van der Waals surface area (Å²) >= 11 is 3.38.